The molecule has 0 aliphatic rings. The first-order valence-electron chi connectivity index (χ1n) is 3.33. The third kappa shape index (κ3) is 6.84. The molecule has 0 spiro atoms. The predicted octanol–water partition coefficient (Wildman–Crippen LogP) is 0.529. The summed E-state index contributed by atoms with van der Waals surface area (Å²) < 4.78 is 22.5. The molecule has 1 rings (SSSR count). The Balaban J connectivity index is 0.000000364. The van der Waals surface area contributed by atoms with E-state index in [2.05, 4.69) is 25.3 Å². The molecule has 1 aromatic rings. The van der Waals surface area contributed by atoms with Gasteiger partial charge in [-0.3, -0.25) is 0 Å². The van der Waals surface area contributed by atoms with E-state index in [0.29, 0.717) is 4.20 Å². The first-order valence-corrected chi connectivity index (χ1v) is 7.15. The average molecular weight is 312 g/mol. The summed E-state index contributed by atoms with van der Waals surface area (Å²) in [5.41, 5.74) is 0.921. The molecule has 0 aliphatic heterocycles. The molecule has 0 radical (unpaired) electrons. The van der Waals surface area contributed by atoms with E-state index in [-0.39, 0.29) is 0 Å². The molecule has 0 aromatic heterocycles. The molecule has 0 fully saturated rings. The molecule has 78 valence electrons. The summed E-state index contributed by atoms with van der Waals surface area (Å²) in [5, 5.41) is 0. The number of hydrogen-bond acceptors (Lipinski definition) is 5. The van der Waals surface area contributed by atoms with E-state index in [4.69, 9.17) is 24.5 Å². The average Bonchev–Trinajstić information content (AvgIpc) is 2.03. The second kappa shape index (κ2) is 7.70. The molecule has 0 aliphatic carbocycles. The van der Waals surface area contributed by atoms with Gasteiger partial charge in [0.05, 0.1) is 4.20 Å². The molecule has 0 amide bonds. The minimum atomic E-state index is -3.19. The molecule has 0 bridgehead atoms. The second-order valence-corrected chi connectivity index (χ2v) is 4.86. The number of thiol groups is 2. The summed E-state index contributed by atoms with van der Waals surface area (Å²) in [6.45, 7) is 0. The van der Waals surface area contributed by atoms with Gasteiger partial charge in [0.15, 0.2) is 0 Å². The van der Waals surface area contributed by atoms with Crippen molar-refractivity contribution in [3.05, 3.63) is 29.8 Å². The molecule has 3 nitrogen and oxygen atoms in total. The maximum Gasteiger partial charge on any atom is 0.0758 e. The Morgan fingerprint density at radius 2 is 1.64 bits per heavy atom. The molecule has 1 aromatic carbocycles. The summed E-state index contributed by atoms with van der Waals surface area (Å²) >= 11 is 9.92. The first-order chi connectivity index (χ1) is 6.45. The van der Waals surface area contributed by atoms with E-state index in [0.717, 1.165) is 10.5 Å². The molecular weight excluding hydrogens is 303 g/mol. The van der Waals surface area contributed by atoms with Crippen LogP contribution >= 0.6 is 37.5 Å². The molecule has 0 saturated carbocycles. The van der Waals surface area contributed by atoms with Gasteiger partial charge in [0.1, 0.15) is 0 Å². The van der Waals surface area contributed by atoms with Gasteiger partial charge in [0, 0.05) is 10.5 Å². The van der Waals surface area contributed by atoms with Gasteiger partial charge in [0.2, 0.25) is 0 Å². The Hall–Kier alpha value is 0.448. The van der Waals surface area contributed by atoms with E-state index >= 15 is 0 Å². The van der Waals surface area contributed by atoms with Crippen LogP contribution in [0.25, 0.3) is 0 Å². The van der Waals surface area contributed by atoms with Crippen molar-refractivity contribution in [1.29, 1.82) is 0 Å². The first kappa shape index (κ1) is 14.4. The number of rotatable bonds is 1. The van der Waals surface area contributed by atoms with Crippen molar-refractivity contribution in [3.63, 3.8) is 0 Å². The van der Waals surface area contributed by atoms with E-state index in [1.165, 1.54) is 0 Å². The second-order valence-electron chi connectivity index (χ2n) is 2.09. The molecule has 0 saturated heterocycles. The fourth-order valence-electron chi connectivity index (χ4n) is 0.654. The molecule has 0 atom stereocenters. The van der Waals surface area contributed by atoms with Gasteiger partial charge in [-0.15, -0.1) is 25.3 Å². The van der Waals surface area contributed by atoms with Gasteiger partial charge >= 0.3 is 28.0 Å². The van der Waals surface area contributed by atoms with E-state index in [1.807, 2.05) is 24.3 Å². The Morgan fingerprint density at radius 1 is 1.21 bits per heavy atom. The van der Waals surface area contributed by atoms with Gasteiger partial charge < -0.3 is 0 Å². The van der Waals surface area contributed by atoms with E-state index in [9.17, 15) is 0 Å². The van der Waals surface area contributed by atoms with Crippen LogP contribution in [0, 0.1) is 0 Å². The Bertz CT molecular complexity index is 303. The minimum absolute atomic E-state index is 0.589. The van der Waals surface area contributed by atoms with Crippen molar-refractivity contribution in [1.82, 2.24) is 0 Å². The van der Waals surface area contributed by atoms with Crippen LogP contribution in [-0.4, -0.2) is 32.2 Å². The van der Waals surface area contributed by atoms with Gasteiger partial charge in [-0.2, -0.15) is 0 Å². The number of hydrogen-bond donors (Lipinski definition) is 5. The Morgan fingerprint density at radius 3 is 1.93 bits per heavy atom. The van der Waals surface area contributed by atoms with E-state index in [1.54, 1.807) is 0 Å². The molecular formula is C7H9AsO3S3. The van der Waals surface area contributed by atoms with E-state index < -0.39 is 15.7 Å². The number of thiocarbonyl (C=S) groups is 1. The van der Waals surface area contributed by atoms with Crippen LogP contribution in [0.15, 0.2) is 29.2 Å². The maximum atomic E-state index is 7.31. The van der Waals surface area contributed by atoms with Gasteiger partial charge in [-0.05, 0) is 6.07 Å². The fourth-order valence-corrected chi connectivity index (χ4v) is 1.46. The quantitative estimate of drug-likeness (QED) is 0.298. The largest absolute Gasteiger partial charge is 0.143 e. The summed E-state index contributed by atoms with van der Waals surface area (Å²) in [6.07, 6.45) is 0. The molecule has 7 heteroatoms. The molecule has 14 heavy (non-hydrogen) atoms. The van der Waals surface area contributed by atoms with Gasteiger partial charge in [-0.25, -0.2) is 0 Å². The topological polar surface area (TPSA) is 60.7 Å². The summed E-state index contributed by atoms with van der Waals surface area (Å²) in [6, 6.07) is 7.62. The minimum Gasteiger partial charge on any atom is -0.143 e. The zero-order valence-electron chi connectivity index (χ0n) is 6.90. The Kier molecular flexibility index (Phi) is 7.95. The van der Waals surface area contributed by atoms with Crippen LogP contribution in [0.5, 0.6) is 0 Å². The number of benzene rings is 1. The van der Waals surface area contributed by atoms with Crippen LogP contribution in [0.1, 0.15) is 5.56 Å². The van der Waals surface area contributed by atoms with Crippen molar-refractivity contribution in [3.8, 4) is 0 Å². The molecule has 0 unspecified atom stereocenters. The van der Waals surface area contributed by atoms with Gasteiger partial charge in [0.25, 0.3) is 0 Å². The maximum absolute atomic E-state index is 7.31. The summed E-state index contributed by atoms with van der Waals surface area (Å²) in [7, 11) is 0. The zero-order valence-corrected chi connectivity index (χ0v) is 11.4. The van der Waals surface area contributed by atoms with Crippen LogP contribution in [0.4, 0.5) is 0 Å². The normalized spacial score (nSPS) is 9.29. The monoisotopic (exact) mass is 312 g/mol. The third-order valence-electron chi connectivity index (χ3n) is 1.13. The van der Waals surface area contributed by atoms with Crippen molar-refractivity contribution in [2.45, 2.75) is 4.90 Å². The van der Waals surface area contributed by atoms with Crippen molar-refractivity contribution in [2.75, 3.05) is 0 Å². The Labute approximate surface area is 104 Å². The third-order valence-corrected chi connectivity index (χ3v) is 1.99. The van der Waals surface area contributed by atoms with Crippen LogP contribution in [0.2, 0.25) is 0 Å². The standard InChI is InChI=1S/C7H6S3.AsH3O3/c8-6-4-2-1-3-5(6)7(9)10;2-1(3)4/h1-4,8H,(H,9,10);2-4H. The summed E-state index contributed by atoms with van der Waals surface area (Å²) in [5.74, 6) is 0. The van der Waals surface area contributed by atoms with Crippen molar-refractivity contribution >= 4 is 57.3 Å². The van der Waals surface area contributed by atoms with Crippen molar-refractivity contribution < 1.29 is 12.3 Å². The van der Waals surface area contributed by atoms with Crippen LogP contribution in [0.3, 0.4) is 0 Å². The zero-order chi connectivity index (χ0) is 11.1. The van der Waals surface area contributed by atoms with Crippen LogP contribution in [-0.2, 0) is 0 Å². The van der Waals surface area contributed by atoms with Crippen LogP contribution < -0.4 is 0 Å². The smallest absolute Gasteiger partial charge is 0.0758 e. The van der Waals surface area contributed by atoms with Crippen molar-refractivity contribution in [2.24, 2.45) is 0 Å². The predicted molar refractivity (Wildman–Crippen MR) is 66.8 cm³/mol. The fraction of sp³-hybridized carbons (Fsp3) is 0. The molecule has 0 heterocycles. The summed E-state index contributed by atoms with van der Waals surface area (Å²) in [4.78, 5) is 0.877. The van der Waals surface area contributed by atoms with Gasteiger partial charge in [-0.1, -0.05) is 30.4 Å². The SMILES string of the molecule is O[As](O)O.S=C(S)c1ccccc1S. The molecule has 3 N–H and O–H groups in total.